The first-order valence-electron chi connectivity index (χ1n) is 5.87. The van der Waals surface area contributed by atoms with Crippen molar-refractivity contribution in [3.05, 3.63) is 12.7 Å². The molecular formula is C10H15N9O. The zero-order valence-electron chi connectivity index (χ0n) is 11.2. The fourth-order valence-corrected chi connectivity index (χ4v) is 1.38. The second-order valence-electron chi connectivity index (χ2n) is 4.12. The molecule has 0 radical (unpaired) electrons. The van der Waals surface area contributed by atoms with Gasteiger partial charge in [-0.3, -0.25) is 4.79 Å². The highest BCUT2D eigenvalue weighted by molar-refractivity contribution is 5.75. The van der Waals surface area contributed by atoms with Gasteiger partial charge >= 0.3 is 0 Å². The molecule has 3 N–H and O–H groups in total. The smallest absolute Gasteiger partial charge is 0.258 e. The van der Waals surface area contributed by atoms with Crippen molar-refractivity contribution in [3.8, 4) is 5.95 Å². The first kappa shape index (κ1) is 13.6. The van der Waals surface area contributed by atoms with Gasteiger partial charge in [-0.1, -0.05) is 0 Å². The van der Waals surface area contributed by atoms with Crippen LogP contribution in [0.1, 0.15) is 6.42 Å². The van der Waals surface area contributed by atoms with E-state index in [1.54, 1.807) is 14.1 Å². The summed E-state index contributed by atoms with van der Waals surface area (Å²) in [5.74, 6) is 0.619. The number of nitrogens with two attached hydrogens (primary N) is 1. The van der Waals surface area contributed by atoms with Crippen molar-refractivity contribution in [2.45, 2.75) is 6.42 Å². The van der Waals surface area contributed by atoms with Gasteiger partial charge in [-0.05, 0) is 0 Å². The van der Waals surface area contributed by atoms with Crippen LogP contribution < -0.4 is 11.1 Å². The maximum Gasteiger partial charge on any atom is 0.258 e. The van der Waals surface area contributed by atoms with Crippen molar-refractivity contribution in [1.29, 1.82) is 0 Å². The molecule has 0 aromatic carbocycles. The van der Waals surface area contributed by atoms with E-state index in [9.17, 15) is 4.79 Å². The lowest BCUT2D eigenvalue weighted by Crippen LogP contribution is -2.24. The SMILES string of the molecule is CN(C)C(=O)CCNc1nc(N)nc(-n2cncn2)n1. The monoisotopic (exact) mass is 277 g/mol. The van der Waals surface area contributed by atoms with E-state index in [1.807, 2.05) is 0 Å². The van der Waals surface area contributed by atoms with Crippen LogP contribution in [-0.4, -0.2) is 61.2 Å². The third kappa shape index (κ3) is 3.37. The van der Waals surface area contributed by atoms with Crippen LogP contribution in [0.15, 0.2) is 12.7 Å². The Labute approximate surface area is 115 Å². The first-order valence-corrected chi connectivity index (χ1v) is 5.87. The van der Waals surface area contributed by atoms with Crippen LogP contribution in [0.5, 0.6) is 0 Å². The number of carbonyl (C=O) groups excluding carboxylic acids is 1. The Morgan fingerprint density at radius 3 is 2.85 bits per heavy atom. The Kier molecular flexibility index (Phi) is 4.03. The number of nitrogens with zero attached hydrogens (tertiary/aromatic N) is 7. The van der Waals surface area contributed by atoms with Crippen LogP contribution in [0.4, 0.5) is 11.9 Å². The number of nitrogens with one attached hydrogen (secondary N) is 1. The molecule has 2 rings (SSSR count). The number of hydrogen-bond donors (Lipinski definition) is 2. The fraction of sp³-hybridized carbons (Fsp3) is 0.400. The van der Waals surface area contributed by atoms with Crippen LogP contribution in [0.3, 0.4) is 0 Å². The van der Waals surface area contributed by atoms with Gasteiger partial charge in [0.15, 0.2) is 0 Å². The Balaban J connectivity index is 2.04. The maximum absolute atomic E-state index is 11.4. The summed E-state index contributed by atoms with van der Waals surface area (Å²) in [6.07, 6.45) is 3.15. The molecule has 0 spiro atoms. The van der Waals surface area contributed by atoms with Crippen molar-refractivity contribution in [1.82, 2.24) is 34.6 Å². The van der Waals surface area contributed by atoms with Crippen LogP contribution in [0.2, 0.25) is 0 Å². The van der Waals surface area contributed by atoms with Gasteiger partial charge in [-0.15, -0.1) is 0 Å². The molecule has 0 aliphatic carbocycles. The number of carbonyl (C=O) groups is 1. The molecule has 20 heavy (non-hydrogen) atoms. The molecule has 0 unspecified atom stereocenters. The molecule has 2 heterocycles. The van der Waals surface area contributed by atoms with Crippen molar-refractivity contribution < 1.29 is 4.79 Å². The summed E-state index contributed by atoms with van der Waals surface area (Å²) in [5, 5.41) is 6.83. The lowest BCUT2D eigenvalue weighted by atomic mass is 10.4. The van der Waals surface area contributed by atoms with Crippen LogP contribution >= 0.6 is 0 Å². The van der Waals surface area contributed by atoms with E-state index in [4.69, 9.17) is 5.73 Å². The summed E-state index contributed by atoms with van der Waals surface area (Å²) in [7, 11) is 3.40. The number of aromatic nitrogens is 6. The van der Waals surface area contributed by atoms with Crippen LogP contribution in [-0.2, 0) is 4.79 Å². The summed E-state index contributed by atoms with van der Waals surface area (Å²) in [6, 6.07) is 0. The average Bonchev–Trinajstić information content (AvgIpc) is 2.91. The molecule has 0 fully saturated rings. The number of rotatable bonds is 5. The number of anilines is 2. The lowest BCUT2D eigenvalue weighted by molar-refractivity contribution is -0.128. The summed E-state index contributed by atoms with van der Waals surface area (Å²) in [4.78, 5) is 28.8. The van der Waals surface area contributed by atoms with E-state index in [2.05, 4.69) is 30.4 Å². The molecule has 0 atom stereocenters. The molecule has 0 aliphatic rings. The minimum absolute atomic E-state index is 0.0102. The third-order valence-electron chi connectivity index (χ3n) is 2.39. The van der Waals surface area contributed by atoms with E-state index in [0.717, 1.165) is 0 Å². The van der Waals surface area contributed by atoms with Gasteiger partial charge in [0, 0.05) is 27.1 Å². The number of amides is 1. The quantitative estimate of drug-likeness (QED) is 0.706. The molecule has 0 saturated carbocycles. The molecule has 1 amide bonds. The summed E-state index contributed by atoms with van der Waals surface area (Å²) in [5.41, 5.74) is 5.61. The molecule has 0 saturated heterocycles. The predicted octanol–water partition coefficient (Wildman–Crippen LogP) is -1.08. The maximum atomic E-state index is 11.4. The van der Waals surface area contributed by atoms with Gasteiger partial charge in [0.25, 0.3) is 5.95 Å². The summed E-state index contributed by atoms with van der Waals surface area (Å²) in [6.45, 7) is 0.400. The molecule has 10 heteroatoms. The highest BCUT2D eigenvalue weighted by Gasteiger charge is 2.08. The van der Waals surface area contributed by atoms with Gasteiger partial charge < -0.3 is 16.0 Å². The highest BCUT2D eigenvalue weighted by Crippen LogP contribution is 2.05. The van der Waals surface area contributed by atoms with Crippen molar-refractivity contribution in [2.24, 2.45) is 0 Å². The zero-order chi connectivity index (χ0) is 14.5. The van der Waals surface area contributed by atoms with E-state index in [0.29, 0.717) is 13.0 Å². The standard InChI is InChI=1S/C10H15N9O/c1-18(2)7(20)3-4-13-9-15-8(11)16-10(17-9)19-6-12-5-14-19/h5-6H,3-4H2,1-2H3,(H3,11,13,15,16,17). The highest BCUT2D eigenvalue weighted by atomic mass is 16.2. The minimum Gasteiger partial charge on any atom is -0.368 e. The van der Waals surface area contributed by atoms with E-state index >= 15 is 0 Å². The molecular weight excluding hydrogens is 262 g/mol. The second-order valence-corrected chi connectivity index (χ2v) is 4.12. The van der Waals surface area contributed by atoms with Gasteiger partial charge in [-0.2, -0.15) is 24.7 Å². The average molecular weight is 277 g/mol. The molecule has 2 aromatic heterocycles. The minimum atomic E-state index is 0.0102. The first-order chi connectivity index (χ1) is 9.56. The third-order valence-corrected chi connectivity index (χ3v) is 2.39. The Morgan fingerprint density at radius 2 is 2.20 bits per heavy atom. The van der Waals surface area contributed by atoms with Gasteiger partial charge in [0.1, 0.15) is 12.7 Å². The largest absolute Gasteiger partial charge is 0.368 e. The van der Waals surface area contributed by atoms with E-state index < -0.39 is 0 Å². The van der Waals surface area contributed by atoms with Crippen LogP contribution in [0.25, 0.3) is 5.95 Å². The van der Waals surface area contributed by atoms with Gasteiger partial charge in [-0.25, -0.2) is 4.98 Å². The van der Waals surface area contributed by atoms with Gasteiger partial charge in [0.2, 0.25) is 17.8 Å². The lowest BCUT2D eigenvalue weighted by Gasteiger charge is -2.10. The normalized spacial score (nSPS) is 10.3. The summed E-state index contributed by atoms with van der Waals surface area (Å²) < 4.78 is 1.37. The number of hydrogen-bond acceptors (Lipinski definition) is 8. The van der Waals surface area contributed by atoms with Crippen molar-refractivity contribution in [2.75, 3.05) is 31.7 Å². The van der Waals surface area contributed by atoms with E-state index in [-0.39, 0.29) is 23.8 Å². The predicted molar refractivity (Wildman–Crippen MR) is 71.0 cm³/mol. The number of nitrogen functional groups attached to an aromatic ring is 1. The molecule has 106 valence electrons. The topological polar surface area (TPSA) is 128 Å². The van der Waals surface area contributed by atoms with E-state index in [1.165, 1.54) is 22.2 Å². The van der Waals surface area contributed by atoms with Crippen molar-refractivity contribution in [3.63, 3.8) is 0 Å². The van der Waals surface area contributed by atoms with Gasteiger partial charge in [0.05, 0.1) is 0 Å². The molecule has 2 aromatic rings. The molecule has 0 bridgehead atoms. The molecule has 0 aliphatic heterocycles. The Morgan fingerprint density at radius 1 is 1.40 bits per heavy atom. The zero-order valence-corrected chi connectivity index (χ0v) is 11.2. The fourth-order valence-electron chi connectivity index (χ4n) is 1.38. The van der Waals surface area contributed by atoms with Crippen LogP contribution in [0, 0.1) is 0 Å². The molecule has 10 nitrogen and oxygen atoms in total. The van der Waals surface area contributed by atoms with Crippen molar-refractivity contribution >= 4 is 17.8 Å². The Bertz CT molecular complexity index is 580. The summed E-state index contributed by atoms with van der Waals surface area (Å²) >= 11 is 0. The second kappa shape index (κ2) is 5.91. The Hall–Kier alpha value is -2.78.